The zero-order valence-corrected chi connectivity index (χ0v) is 8.61. The first-order chi connectivity index (χ1) is 6.84. The molecule has 0 aromatic carbocycles. The van der Waals surface area contributed by atoms with E-state index in [4.69, 9.17) is 0 Å². The molecular formula is C11H17N3. The lowest BCUT2D eigenvalue weighted by atomic mass is 10.2. The van der Waals surface area contributed by atoms with Crippen LogP contribution in [-0.4, -0.2) is 35.6 Å². The van der Waals surface area contributed by atoms with Crippen LogP contribution in [0.2, 0.25) is 0 Å². The number of piperazine rings is 1. The van der Waals surface area contributed by atoms with E-state index in [1.54, 1.807) is 0 Å². The van der Waals surface area contributed by atoms with E-state index in [9.17, 15) is 0 Å². The summed E-state index contributed by atoms with van der Waals surface area (Å²) in [6, 6.07) is 4.80. The van der Waals surface area contributed by atoms with Gasteiger partial charge in [0, 0.05) is 44.6 Å². The summed E-state index contributed by atoms with van der Waals surface area (Å²) in [6.07, 6.45) is 3.72. The van der Waals surface area contributed by atoms with Crippen LogP contribution in [0.25, 0.3) is 0 Å². The fraction of sp³-hybridized carbons (Fsp3) is 0.545. The Labute approximate surface area is 85.1 Å². The van der Waals surface area contributed by atoms with Crippen LogP contribution in [0.4, 0.5) is 0 Å². The maximum Gasteiger partial charge on any atom is 0.0271 e. The highest BCUT2D eigenvalue weighted by atomic mass is 15.2. The average Bonchev–Trinajstić information content (AvgIpc) is 2.19. The molecule has 1 fully saturated rings. The number of pyridine rings is 1. The molecule has 1 saturated heterocycles. The molecule has 0 amide bonds. The highest BCUT2D eigenvalue weighted by Crippen LogP contribution is 2.05. The van der Waals surface area contributed by atoms with Gasteiger partial charge in [0.1, 0.15) is 0 Å². The van der Waals surface area contributed by atoms with Gasteiger partial charge >= 0.3 is 0 Å². The molecule has 1 aliphatic heterocycles. The Morgan fingerprint density at radius 1 is 1.50 bits per heavy atom. The van der Waals surface area contributed by atoms with Gasteiger partial charge in [-0.1, -0.05) is 0 Å². The van der Waals surface area contributed by atoms with Crippen molar-refractivity contribution in [1.82, 2.24) is 15.2 Å². The third-order valence-corrected chi connectivity index (χ3v) is 2.61. The molecule has 3 nitrogen and oxygen atoms in total. The summed E-state index contributed by atoms with van der Waals surface area (Å²) in [5.74, 6) is 0. The number of aromatic nitrogens is 1. The van der Waals surface area contributed by atoms with Gasteiger partial charge in [-0.05, 0) is 24.6 Å². The van der Waals surface area contributed by atoms with Crippen molar-refractivity contribution in [2.45, 2.75) is 19.5 Å². The lowest BCUT2D eigenvalue weighted by Gasteiger charge is -2.31. The first kappa shape index (κ1) is 9.62. The quantitative estimate of drug-likeness (QED) is 0.752. The smallest absolute Gasteiger partial charge is 0.0271 e. The minimum Gasteiger partial charge on any atom is -0.312 e. The van der Waals surface area contributed by atoms with Crippen LogP contribution >= 0.6 is 0 Å². The maximum absolute atomic E-state index is 4.02. The standard InChI is InChI=1S/C11H17N3/c1-10-8-14(7-6-13-10)9-11-2-4-12-5-3-11/h2-5,10,13H,6-9H2,1H3. The van der Waals surface area contributed by atoms with Gasteiger partial charge in [0.25, 0.3) is 0 Å². The SMILES string of the molecule is CC1CN(Cc2ccncc2)CCN1. The van der Waals surface area contributed by atoms with E-state index < -0.39 is 0 Å². The highest BCUT2D eigenvalue weighted by Gasteiger charge is 2.14. The van der Waals surface area contributed by atoms with Gasteiger partial charge in [-0.25, -0.2) is 0 Å². The Kier molecular flexibility index (Phi) is 3.11. The molecule has 0 saturated carbocycles. The molecule has 0 bridgehead atoms. The maximum atomic E-state index is 4.02. The van der Waals surface area contributed by atoms with Crippen molar-refractivity contribution in [3.8, 4) is 0 Å². The number of rotatable bonds is 2. The molecule has 0 spiro atoms. The van der Waals surface area contributed by atoms with Crippen LogP contribution in [0.15, 0.2) is 24.5 Å². The van der Waals surface area contributed by atoms with E-state index in [1.165, 1.54) is 5.56 Å². The Hall–Kier alpha value is -0.930. The molecular weight excluding hydrogens is 174 g/mol. The first-order valence-electron chi connectivity index (χ1n) is 5.19. The van der Waals surface area contributed by atoms with Crippen LogP contribution in [0.3, 0.4) is 0 Å². The molecule has 1 unspecified atom stereocenters. The zero-order chi connectivity index (χ0) is 9.80. The molecule has 0 aliphatic carbocycles. The van der Waals surface area contributed by atoms with Gasteiger partial charge in [-0.2, -0.15) is 0 Å². The summed E-state index contributed by atoms with van der Waals surface area (Å²) >= 11 is 0. The number of hydrogen-bond donors (Lipinski definition) is 1. The lowest BCUT2D eigenvalue weighted by molar-refractivity contribution is 0.199. The summed E-state index contributed by atoms with van der Waals surface area (Å²) in [5.41, 5.74) is 1.36. The third kappa shape index (κ3) is 2.53. The van der Waals surface area contributed by atoms with Gasteiger partial charge in [0.15, 0.2) is 0 Å². The van der Waals surface area contributed by atoms with E-state index >= 15 is 0 Å². The summed E-state index contributed by atoms with van der Waals surface area (Å²) in [7, 11) is 0. The molecule has 2 heterocycles. The highest BCUT2D eigenvalue weighted by molar-refractivity contribution is 5.09. The molecule has 0 radical (unpaired) electrons. The van der Waals surface area contributed by atoms with Crippen molar-refractivity contribution in [2.75, 3.05) is 19.6 Å². The molecule has 1 aromatic heterocycles. The summed E-state index contributed by atoms with van der Waals surface area (Å²) in [4.78, 5) is 6.51. The van der Waals surface area contributed by atoms with Gasteiger partial charge in [-0.15, -0.1) is 0 Å². The molecule has 3 heteroatoms. The molecule has 1 aromatic rings. The molecule has 14 heavy (non-hydrogen) atoms. The van der Waals surface area contributed by atoms with Gasteiger partial charge in [0.05, 0.1) is 0 Å². The normalized spacial score (nSPS) is 23.6. The van der Waals surface area contributed by atoms with Crippen LogP contribution in [0, 0.1) is 0 Å². The van der Waals surface area contributed by atoms with Crippen LogP contribution in [0.1, 0.15) is 12.5 Å². The van der Waals surface area contributed by atoms with Crippen LogP contribution in [0.5, 0.6) is 0 Å². The lowest BCUT2D eigenvalue weighted by Crippen LogP contribution is -2.48. The topological polar surface area (TPSA) is 28.2 Å². The molecule has 76 valence electrons. The second-order valence-corrected chi connectivity index (χ2v) is 3.95. The zero-order valence-electron chi connectivity index (χ0n) is 8.61. The predicted molar refractivity (Wildman–Crippen MR) is 57.0 cm³/mol. The second kappa shape index (κ2) is 4.53. The van der Waals surface area contributed by atoms with Crippen molar-refractivity contribution in [3.05, 3.63) is 30.1 Å². The Bertz CT molecular complexity index is 273. The fourth-order valence-electron chi connectivity index (χ4n) is 1.90. The van der Waals surface area contributed by atoms with E-state index in [0.29, 0.717) is 6.04 Å². The van der Waals surface area contributed by atoms with Crippen molar-refractivity contribution in [3.63, 3.8) is 0 Å². The minimum absolute atomic E-state index is 0.616. The van der Waals surface area contributed by atoms with E-state index in [-0.39, 0.29) is 0 Å². The summed E-state index contributed by atoms with van der Waals surface area (Å²) in [5, 5.41) is 3.44. The number of hydrogen-bond acceptors (Lipinski definition) is 3. The molecule has 1 atom stereocenters. The van der Waals surface area contributed by atoms with Crippen LogP contribution < -0.4 is 5.32 Å². The molecule has 1 N–H and O–H groups in total. The summed E-state index contributed by atoms with van der Waals surface area (Å²) in [6.45, 7) is 6.68. The van der Waals surface area contributed by atoms with Crippen molar-refractivity contribution in [1.29, 1.82) is 0 Å². The minimum atomic E-state index is 0.616. The Morgan fingerprint density at radius 3 is 3.00 bits per heavy atom. The molecule has 2 rings (SSSR count). The second-order valence-electron chi connectivity index (χ2n) is 3.95. The van der Waals surface area contributed by atoms with Gasteiger partial charge in [-0.3, -0.25) is 9.88 Å². The van der Waals surface area contributed by atoms with Crippen molar-refractivity contribution < 1.29 is 0 Å². The average molecular weight is 191 g/mol. The van der Waals surface area contributed by atoms with Crippen molar-refractivity contribution in [2.24, 2.45) is 0 Å². The van der Waals surface area contributed by atoms with E-state index in [0.717, 1.165) is 26.2 Å². The first-order valence-corrected chi connectivity index (χ1v) is 5.19. The Morgan fingerprint density at radius 2 is 2.29 bits per heavy atom. The van der Waals surface area contributed by atoms with Crippen LogP contribution in [-0.2, 0) is 6.54 Å². The Balaban J connectivity index is 1.91. The predicted octanol–water partition coefficient (Wildman–Crippen LogP) is 0.875. The molecule has 1 aliphatic rings. The van der Waals surface area contributed by atoms with Gasteiger partial charge < -0.3 is 5.32 Å². The summed E-state index contributed by atoms with van der Waals surface area (Å²) < 4.78 is 0. The number of nitrogens with zero attached hydrogens (tertiary/aromatic N) is 2. The van der Waals surface area contributed by atoms with Gasteiger partial charge in [0.2, 0.25) is 0 Å². The monoisotopic (exact) mass is 191 g/mol. The van der Waals surface area contributed by atoms with E-state index in [2.05, 4.69) is 34.3 Å². The van der Waals surface area contributed by atoms with Crippen molar-refractivity contribution >= 4 is 0 Å². The largest absolute Gasteiger partial charge is 0.312 e. The fourth-order valence-corrected chi connectivity index (χ4v) is 1.90. The third-order valence-electron chi connectivity index (χ3n) is 2.61. The van der Waals surface area contributed by atoms with E-state index in [1.807, 2.05) is 12.4 Å². The number of nitrogens with one attached hydrogen (secondary N) is 1.